The Balaban J connectivity index is 1.79. The van der Waals surface area contributed by atoms with Crippen molar-refractivity contribution in [2.75, 3.05) is 0 Å². The van der Waals surface area contributed by atoms with Crippen LogP contribution in [0.2, 0.25) is 5.28 Å². The minimum Gasteiger partial charge on any atom is -0.218 e. The molecule has 1 aliphatic carbocycles. The Bertz CT molecular complexity index is 1180. The van der Waals surface area contributed by atoms with Gasteiger partial charge in [0.15, 0.2) is 0 Å². The molecule has 0 unspecified atom stereocenters. The number of benzene rings is 3. The van der Waals surface area contributed by atoms with Gasteiger partial charge in [0, 0.05) is 16.4 Å². The van der Waals surface area contributed by atoms with Crippen LogP contribution in [0.15, 0.2) is 66.7 Å². The molecule has 0 N–H and O–H groups in total. The summed E-state index contributed by atoms with van der Waals surface area (Å²) in [5.41, 5.74) is 8.13. The summed E-state index contributed by atoms with van der Waals surface area (Å²) >= 11 is 6.20. The summed E-state index contributed by atoms with van der Waals surface area (Å²) < 4.78 is 0. The van der Waals surface area contributed by atoms with Crippen molar-refractivity contribution >= 4 is 22.5 Å². The standard InChI is InChI=1S/C23H17ClN2/c1-23(2)18-9-5-3-7-15(18)17-13-14(11-12-19(17)23)21-16-8-4-6-10-20(16)25-22(24)26-21/h3-13H,1-2H3. The Morgan fingerprint density at radius 3 is 2.38 bits per heavy atom. The molecule has 0 amide bonds. The average molecular weight is 357 g/mol. The number of aromatic nitrogens is 2. The lowest BCUT2D eigenvalue weighted by atomic mass is 9.82. The Labute approximate surface area is 157 Å². The Morgan fingerprint density at radius 1 is 0.769 bits per heavy atom. The van der Waals surface area contributed by atoms with E-state index in [1.54, 1.807) is 0 Å². The van der Waals surface area contributed by atoms with Crippen LogP contribution < -0.4 is 0 Å². The highest BCUT2D eigenvalue weighted by atomic mass is 35.5. The average Bonchev–Trinajstić information content (AvgIpc) is 2.88. The maximum Gasteiger partial charge on any atom is 0.223 e. The first kappa shape index (κ1) is 15.5. The number of para-hydroxylation sites is 1. The van der Waals surface area contributed by atoms with E-state index in [1.165, 1.54) is 22.3 Å². The van der Waals surface area contributed by atoms with Crippen molar-refractivity contribution in [3.63, 3.8) is 0 Å². The van der Waals surface area contributed by atoms with Gasteiger partial charge >= 0.3 is 0 Å². The lowest BCUT2D eigenvalue weighted by molar-refractivity contribution is 0.660. The molecule has 0 saturated carbocycles. The minimum absolute atomic E-state index is 0.00976. The number of hydrogen-bond donors (Lipinski definition) is 0. The summed E-state index contributed by atoms with van der Waals surface area (Å²) in [6.07, 6.45) is 0. The summed E-state index contributed by atoms with van der Waals surface area (Å²) in [5.74, 6) is 0. The molecule has 126 valence electrons. The van der Waals surface area contributed by atoms with Crippen LogP contribution in [0.25, 0.3) is 33.3 Å². The van der Waals surface area contributed by atoms with Crippen LogP contribution in [0.3, 0.4) is 0 Å². The quantitative estimate of drug-likeness (QED) is 0.376. The van der Waals surface area contributed by atoms with Gasteiger partial charge in [-0.3, -0.25) is 0 Å². The van der Waals surface area contributed by atoms with E-state index < -0.39 is 0 Å². The van der Waals surface area contributed by atoms with Gasteiger partial charge < -0.3 is 0 Å². The SMILES string of the molecule is CC1(C)c2ccccc2-c2cc(-c3nc(Cl)nc4ccccc34)ccc21. The topological polar surface area (TPSA) is 25.8 Å². The van der Waals surface area contributed by atoms with E-state index in [0.29, 0.717) is 0 Å². The maximum absolute atomic E-state index is 6.20. The van der Waals surface area contributed by atoms with Crippen LogP contribution in [-0.4, -0.2) is 9.97 Å². The van der Waals surface area contributed by atoms with Gasteiger partial charge in [0.2, 0.25) is 5.28 Å². The first-order chi connectivity index (χ1) is 12.6. The van der Waals surface area contributed by atoms with Gasteiger partial charge in [-0.25, -0.2) is 9.97 Å². The largest absolute Gasteiger partial charge is 0.223 e. The minimum atomic E-state index is 0.00976. The smallest absolute Gasteiger partial charge is 0.218 e. The molecule has 0 spiro atoms. The third kappa shape index (κ3) is 2.12. The lowest BCUT2D eigenvalue weighted by Gasteiger charge is -2.21. The van der Waals surface area contributed by atoms with Gasteiger partial charge in [-0.15, -0.1) is 0 Å². The van der Waals surface area contributed by atoms with Crippen LogP contribution in [0, 0.1) is 0 Å². The zero-order valence-corrected chi connectivity index (χ0v) is 15.4. The predicted molar refractivity (Wildman–Crippen MR) is 108 cm³/mol. The molecule has 0 fully saturated rings. The van der Waals surface area contributed by atoms with Crippen LogP contribution in [0.4, 0.5) is 0 Å². The van der Waals surface area contributed by atoms with Crippen molar-refractivity contribution in [1.29, 1.82) is 0 Å². The lowest BCUT2D eigenvalue weighted by Crippen LogP contribution is -2.14. The number of nitrogens with zero attached hydrogens (tertiary/aromatic N) is 2. The number of rotatable bonds is 1. The highest BCUT2D eigenvalue weighted by Gasteiger charge is 2.35. The molecule has 0 saturated heterocycles. The summed E-state index contributed by atoms with van der Waals surface area (Å²) in [6.45, 7) is 4.57. The van der Waals surface area contributed by atoms with Crippen LogP contribution in [-0.2, 0) is 5.41 Å². The van der Waals surface area contributed by atoms with Crippen molar-refractivity contribution in [3.05, 3.63) is 83.1 Å². The second-order valence-electron chi connectivity index (χ2n) is 7.29. The molecular formula is C23H17ClN2. The third-order valence-electron chi connectivity index (χ3n) is 5.43. The molecule has 0 bridgehead atoms. The molecule has 0 atom stereocenters. The monoisotopic (exact) mass is 356 g/mol. The molecule has 1 aromatic heterocycles. The second-order valence-corrected chi connectivity index (χ2v) is 7.63. The third-order valence-corrected chi connectivity index (χ3v) is 5.60. The predicted octanol–water partition coefficient (Wildman–Crippen LogP) is 6.26. The number of halogens is 1. The van der Waals surface area contributed by atoms with Gasteiger partial charge in [-0.1, -0.05) is 68.4 Å². The van der Waals surface area contributed by atoms with Gasteiger partial charge in [-0.2, -0.15) is 0 Å². The molecule has 5 rings (SSSR count). The Hall–Kier alpha value is -2.71. The first-order valence-corrected chi connectivity index (χ1v) is 9.10. The van der Waals surface area contributed by atoms with Gasteiger partial charge in [-0.05, 0) is 46.0 Å². The van der Waals surface area contributed by atoms with Crippen molar-refractivity contribution in [1.82, 2.24) is 9.97 Å². The molecule has 0 radical (unpaired) electrons. The molecule has 26 heavy (non-hydrogen) atoms. The summed E-state index contributed by atoms with van der Waals surface area (Å²) in [7, 11) is 0. The number of fused-ring (bicyclic) bond motifs is 4. The normalized spacial score (nSPS) is 14.3. The van der Waals surface area contributed by atoms with E-state index in [9.17, 15) is 0 Å². The zero-order valence-electron chi connectivity index (χ0n) is 14.6. The van der Waals surface area contributed by atoms with E-state index in [0.717, 1.165) is 22.2 Å². The van der Waals surface area contributed by atoms with Crippen LogP contribution in [0.5, 0.6) is 0 Å². The number of hydrogen-bond acceptors (Lipinski definition) is 2. The van der Waals surface area contributed by atoms with E-state index in [2.05, 4.69) is 66.3 Å². The van der Waals surface area contributed by atoms with Gasteiger partial charge in [0.05, 0.1) is 11.2 Å². The van der Waals surface area contributed by atoms with Gasteiger partial charge in [0.1, 0.15) is 0 Å². The molecule has 4 aromatic rings. The highest BCUT2D eigenvalue weighted by Crippen LogP contribution is 2.49. The zero-order chi connectivity index (χ0) is 17.9. The molecule has 2 nitrogen and oxygen atoms in total. The summed E-state index contributed by atoms with van der Waals surface area (Å²) in [6, 6.07) is 23.3. The van der Waals surface area contributed by atoms with E-state index in [1.807, 2.05) is 24.3 Å². The van der Waals surface area contributed by atoms with Crippen molar-refractivity contribution in [2.24, 2.45) is 0 Å². The van der Waals surface area contributed by atoms with E-state index in [-0.39, 0.29) is 10.7 Å². The van der Waals surface area contributed by atoms with Crippen LogP contribution in [0.1, 0.15) is 25.0 Å². The Morgan fingerprint density at radius 2 is 1.50 bits per heavy atom. The second kappa shape index (κ2) is 5.39. The maximum atomic E-state index is 6.20. The fourth-order valence-corrected chi connectivity index (χ4v) is 4.31. The Kier molecular flexibility index (Phi) is 3.22. The van der Waals surface area contributed by atoms with Crippen molar-refractivity contribution in [2.45, 2.75) is 19.3 Å². The van der Waals surface area contributed by atoms with Crippen molar-refractivity contribution in [3.8, 4) is 22.4 Å². The molecular weight excluding hydrogens is 340 g/mol. The molecule has 1 heterocycles. The van der Waals surface area contributed by atoms with Crippen LogP contribution >= 0.6 is 11.6 Å². The first-order valence-electron chi connectivity index (χ1n) is 8.73. The van der Waals surface area contributed by atoms with E-state index >= 15 is 0 Å². The summed E-state index contributed by atoms with van der Waals surface area (Å²) in [5, 5.41) is 1.29. The molecule has 0 aliphatic heterocycles. The highest BCUT2D eigenvalue weighted by molar-refractivity contribution is 6.28. The fourth-order valence-electron chi connectivity index (χ4n) is 4.14. The summed E-state index contributed by atoms with van der Waals surface area (Å²) in [4.78, 5) is 8.89. The molecule has 1 aliphatic rings. The molecule has 3 heteroatoms. The van der Waals surface area contributed by atoms with E-state index in [4.69, 9.17) is 11.6 Å². The van der Waals surface area contributed by atoms with Gasteiger partial charge in [0.25, 0.3) is 0 Å². The molecule has 3 aromatic carbocycles. The fraction of sp³-hybridized carbons (Fsp3) is 0.130. The van der Waals surface area contributed by atoms with Crippen molar-refractivity contribution < 1.29 is 0 Å².